The molecule has 6 heteroatoms. The van der Waals surface area contributed by atoms with Gasteiger partial charge in [-0.3, -0.25) is 9.69 Å². The first-order valence-electron chi connectivity index (χ1n) is 9.10. The van der Waals surface area contributed by atoms with E-state index in [0.717, 1.165) is 63.4 Å². The molecule has 3 fully saturated rings. The van der Waals surface area contributed by atoms with Gasteiger partial charge in [0.15, 0.2) is 0 Å². The summed E-state index contributed by atoms with van der Waals surface area (Å²) in [5, 5.41) is 4.01. The Morgan fingerprint density at radius 3 is 2.72 bits per heavy atom. The maximum Gasteiger partial charge on any atom is 0.230 e. The SMILES string of the molecule is O=C(NC[C@]1(N2CCOCC2)CCSC1)C1(c2cccc(Cl)c2)CC1. The molecule has 0 radical (unpaired) electrons. The highest BCUT2D eigenvalue weighted by Crippen LogP contribution is 2.49. The molecule has 0 unspecified atom stereocenters. The first kappa shape index (κ1) is 17.7. The van der Waals surface area contributed by atoms with E-state index in [9.17, 15) is 4.79 Å². The lowest BCUT2D eigenvalue weighted by atomic mass is 9.92. The van der Waals surface area contributed by atoms with E-state index in [1.54, 1.807) is 0 Å². The van der Waals surface area contributed by atoms with Crippen molar-refractivity contribution in [2.45, 2.75) is 30.2 Å². The Morgan fingerprint density at radius 1 is 1.28 bits per heavy atom. The maximum atomic E-state index is 13.0. The van der Waals surface area contributed by atoms with Gasteiger partial charge < -0.3 is 10.1 Å². The van der Waals surface area contributed by atoms with E-state index >= 15 is 0 Å². The van der Waals surface area contributed by atoms with Crippen LogP contribution in [0.3, 0.4) is 0 Å². The summed E-state index contributed by atoms with van der Waals surface area (Å²) in [6, 6.07) is 7.77. The topological polar surface area (TPSA) is 41.6 Å². The molecule has 1 aromatic rings. The van der Waals surface area contributed by atoms with Crippen molar-refractivity contribution < 1.29 is 9.53 Å². The van der Waals surface area contributed by atoms with Crippen LogP contribution in [0.5, 0.6) is 0 Å². The molecular formula is C19H25ClN2O2S. The van der Waals surface area contributed by atoms with Crippen LogP contribution in [0.25, 0.3) is 0 Å². The quantitative estimate of drug-likeness (QED) is 0.852. The van der Waals surface area contributed by atoms with Gasteiger partial charge in [0.2, 0.25) is 5.91 Å². The van der Waals surface area contributed by atoms with Crippen molar-refractivity contribution in [1.82, 2.24) is 10.2 Å². The molecule has 1 N–H and O–H groups in total. The van der Waals surface area contributed by atoms with Gasteiger partial charge in [0.25, 0.3) is 0 Å². The van der Waals surface area contributed by atoms with E-state index in [0.29, 0.717) is 5.02 Å². The third-order valence-electron chi connectivity index (χ3n) is 5.90. The van der Waals surface area contributed by atoms with Crippen LogP contribution < -0.4 is 5.32 Å². The Kier molecular flexibility index (Phi) is 5.02. The second-order valence-corrected chi connectivity index (χ2v) is 8.94. The average Bonchev–Trinajstić information content (AvgIpc) is 3.32. The number of carbonyl (C=O) groups excluding carboxylic acids is 1. The Morgan fingerprint density at radius 2 is 2.08 bits per heavy atom. The molecule has 0 spiro atoms. The Labute approximate surface area is 158 Å². The maximum absolute atomic E-state index is 13.0. The van der Waals surface area contributed by atoms with E-state index in [1.165, 1.54) is 5.75 Å². The van der Waals surface area contributed by atoms with Crippen LogP contribution >= 0.6 is 23.4 Å². The first-order chi connectivity index (χ1) is 12.1. The highest BCUT2D eigenvalue weighted by Gasteiger charge is 2.52. The average molecular weight is 381 g/mol. The molecule has 0 aromatic heterocycles. The van der Waals surface area contributed by atoms with E-state index in [2.05, 4.69) is 10.2 Å². The predicted octanol–water partition coefficient (Wildman–Crippen LogP) is 2.70. The van der Waals surface area contributed by atoms with Gasteiger partial charge in [-0.25, -0.2) is 0 Å². The van der Waals surface area contributed by atoms with Gasteiger partial charge in [-0.05, 0) is 42.7 Å². The number of amides is 1. The van der Waals surface area contributed by atoms with Crippen molar-refractivity contribution in [3.05, 3.63) is 34.9 Å². The number of rotatable bonds is 5. The van der Waals surface area contributed by atoms with Crippen molar-refractivity contribution in [1.29, 1.82) is 0 Å². The lowest BCUT2D eigenvalue weighted by Crippen LogP contribution is -2.59. The van der Waals surface area contributed by atoms with Crippen molar-refractivity contribution in [2.75, 3.05) is 44.4 Å². The lowest BCUT2D eigenvalue weighted by Gasteiger charge is -2.43. The summed E-state index contributed by atoms with van der Waals surface area (Å²) < 4.78 is 5.51. The Bertz CT molecular complexity index is 638. The van der Waals surface area contributed by atoms with E-state index in [1.807, 2.05) is 36.0 Å². The minimum Gasteiger partial charge on any atom is -0.379 e. The van der Waals surface area contributed by atoms with Gasteiger partial charge >= 0.3 is 0 Å². The van der Waals surface area contributed by atoms with Crippen LogP contribution in [0, 0.1) is 0 Å². The molecule has 3 aliphatic rings. The molecule has 4 rings (SSSR count). The van der Waals surface area contributed by atoms with Gasteiger partial charge in [-0.15, -0.1) is 0 Å². The third-order valence-corrected chi connectivity index (χ3v) is 7.37. The fraction of sp³-hybridized carbons (Fsp3) is 0.632. The zero-order valence-corrected chi connectivity index (χ0v) is 16.0. The van der Waals surface area contributed by atoms with Crippen LogP contribution in [-0.2, 0) is 14.9 Å². The zero-order valence-electron chi connectivity index (χ0n) is 14.4. The fourth-order valence-electron chi connectivity index (χ4n) is 4.11. The molecule has 4 nitrogen and oxygen atoms in total. The summed E-state index contributed by atoms with van der Waals surface area (Å²) in [5.74, 6) is 2.43. The van der Waals surface area contributed by atoms with Crippen molar-refractivity contribution >= 4 is 29.3 Å². The molecule has 25 heavy (non-hydrogen) atoms. The summed E-state index contributed by atoms with van der Waals surface area (Å²) in [4.78, 5) is 15.6. The molecule has 2 saturated heterocycles. The smallest absolute Gasteiger partial charge is 0.230 e. The molecular weight excluding hydrogens is 356 g/mol. The van der Waals surface area contributed by atoms with Crippen LogP contribution in [0.4, 0.5) is 0 Å². The number of nitrogens with one attached hydrogen (secondary N) is 1. The second-order valence-electron chi connectivity index (χ2n) is 7.40. The summed E-state index contributed by atoms with van der Waals surface area (Å²) in [6.07, 6.45) is 2.97. The van der Waals surface area contributed by atoms with Gasteiger partial charge in [0.1, 0.15) is 0 Å². The summed E-state index contributed by atoms with van der Waals surface area (Å²) in [6.45, 7) is 4.27. The summed E-state index contributed by atoms with van der Waals surface area (Å²) >= 11 is 8.13. The van der Waals surface area contributed by atoms with E-state index in [-0.39, 0.29) is 16.9 Å². The molecule has 1 saturated carbocycles. The Balaban J connectivity index is 1.45. The monoisotopic (exact) mass is 380 g/mol. The lowest BCUT2D eigenvalue weighted by molar-refractivity contribution is -0.124. The van der Waals surface area contributed by atoms with Crippen molar-refractivity contribution in [3.63, 3.8) is 0 Å². The van der Waals surface area contributed by atoms with Crippen LogP contribution in [0.15, 0.2) is 24.3 Å². The first-order valence-corrected chi connectivity index (χ1v) is 10.6. The Hall–Kier alpha value is -0.750. The number of thioether (sulfide) groups is 1. The number of morpholine rings is 1. The number of hydrogen-bond donors (Lipinski definition) is 1. The van der Waals surface area contributed by atoms with Crippen LogP contribution in [0.2, 0.25) is 5.02 Å². The largest absolute Gasteiger partial charge is 0.379 e. The number of hydrogen-bond acceptors (Lipinski definition) is 4. The second kappa shape index (κ2) is 7.10. The van der Waals surface area contributed by atoms with Gasteiger partial charge in [0.05, 0.1) is 18.6 Å². The molecule has 1 aromatic carbocycles. The highest BCUT2D eigenvalue weighted by atomic mass is 35.5. The molecule has 1 amide bonds. The number of carbonyl (C=O) groups is 1. The highest BCUT2D eigenvalue weighted by molar-refractivity contribution is 7.99. The minimum atomic E-state index is -0.358. The van der Waals surface area contributed by atoms with E-state index < -0.39 is 0 Å². The summed E-state index contributed by atoms with van der Waals surface area (Å²) in [7, 11) is 0. The van der Waals surface area contributed by atoms with Gasteiger partial charge in [-0.1, -0.05) is 23.7 Å². The van der Waals surface area contributed by atoms with Gasteiger partial charge in [0, 0.05) is 35.9 Å². The standard InChI is InChI=1S/C19H25ClN2O2S/c20-16-3-1-2-15(12-16)19(4-5-19)17(23)21-13-18(6-11-25-14-18)22-7-9-24-10-8-22/h1-3,12H,4-11,13-14H2,(H,21,23)/t18-/m1/s1. The number of ether oxygens (including phenoxy) is 1. The number of benzene rings is 1. The van der Waals surface area contributed by atoms with Crippen molar-refractivity contribution in [3.8, 4) is 0 Å². The zero-order chi connectivity index (χ0) is 17.3. The molecule has 2 heterocycles. The summed E-state index contributed by atoms with van der Waals surface area (Å²) in [5.41, 5.74) is 0.788. The van der Waals surface area contributed by atoms with E-state index in [4.69, 9.17) is 16.3 Å². The normalized spacial score (nSPS) is 28.7. The molecule has 2 aliphatic heterocycles. The number of halogens is 1. The van der Waals surface area contributed by atoms with Crippen molar-refractivity contribution in [2.24, 2.45) is 0 Å². The number of nitrogens with zero attached hydrogens (tertiary/aromatic N) is 1. The van der Waals surface area contributed by atoms with Crippen LogP contribution in [0.1, 0.15) is 24.8 Å². The van der Waals surface area contributed by atoms with Gasteiger partial charge in [-0.2, -0.15) is 11.8 Å². The molecule has 0 bridgehead atoms. The fourth-order valence-corrected chi connectivity index (χ4v) is 5.77. The third kappa shape index (κ3) is 3.44. The minimum absolute atomic E-state index is 0.0918. The molecule has 1 atom stereocenters. The molecule has 136 valence electrons. The molecule has 1 aliphatic carbocycles. The van der Waals surface area contributed by atoms with Crippen LogP contribution in [-0.4, -0.2) is 60.7 Å². The predicted molar refractivity (Wildman–Crippen MR) is 102 cm³/mol.